The van der Waals surface area contributed by atoms with E-state index in [0.717, 1.165) is 30.4 Å². The van der Waals surface area contributed by atoms with Gasteiger partial charge in [-0.3, -0.25) is 4.79 Å². The maximum atomic E-state index is 12.4. The number of esters is 1. The molecular formula is C20H21NO3S. The zero-order chi connectivity index (χ0) is 17.6. The molecule has 3 rings (SSSR count). The molecule has 2 atom stereocenters. The molecule has 1 aliphatic rings. The van der Waals surface area contributed by atoms with Crippen molar-refractivity contribution in [1.82, 2.24) is 5.32 Å². The Morgan fingerprint density at radius 3 is 2.96 bits per heavy atom. The van der Waals surface area contributed by atoms with E-state index in [1.807, 2.05) is 29.0 Å². The van der Waals surface area contributed by atoms with E-state index in [1.54, 1.807) is 24.3 Å². The van der Waals surface area contributed by atoms with Gasteiger partial charge in [0, 0.05) is 6.08 Å². The average Bonchev–Trinajstić information content (AvgIpc) is 3.14. The summed E-state index contributed by atoms with van der Waals surface area (Å²) in [6, 6.07) is 10.1. The van der Waals surface area contributed by atoms with Crippen LogP contribution < -0.4 is 5.32 Å². The number of rotatable bonds is 5. The number of aryl methyl sites for hydroxylation is 1. The van der Waals surface area contributed by atoms with Gasteiger partial charge in [-0.2, -0.15) is 11.3 Å². The lowest BCUT2D eigenvalue weighted by atomic mass is 9.87. The molecule has 1 N–H and O–H groups in total. The van der Waals surface area contributed by atoms with Crippen molar-refractivity contribution in [2.24, 2.45) is 0 Å². The van der Waals surface area contributed by atoms with E-state index in [4.69, 9.17) is 4.74 Å². The number of hydrogen-bond acceptors (Lipinski definition) is 4. The van der Waals surface area contributed by atoms with Gasteiger partial charge in [0.2, 0.25) is 0 Å². The van der Waals surface area contributed by atoms with Gasteiger partial charge in [-0.25, -0.2) is 4.79 Å². The van der Waals surface area contributed by atoms with Crippen molar-refractivity contribution in [3.8, 4) is 0 Å². The number of fused-ring (bicyclic) bond motifs is 1. The predicted molar refractivity (Wildman–Crippen MR) is 99.2 cm³/mol. The van der Waals surface area contributed by atoms with E-state index in [0.29, 0.717) is 0 Å². The maximum Gasteiger partial charge on any atom is 0.331 e. The third-order valence-electron chi connectivity index (χ3n) is 4.30. The summed E-state index contributed by atoms with van der Waals surface area (Å²) in [6.07, 6.45) is 5.19. The van der Waals surface area contributed by atoms with Crippen LogP contribution in [0.3, 0.4) is 0 Å². The monoisotopic (exact) mass is 355 g/mol. The summed E-state index contributed by atoms with van der Waals surface area (Å²) >= 11 is 1.56. The van der Waals surface area contributed by atoms with Crippen LogP contribution >= 0.6 is 11.3 Å². The van der Waals surface area contributed by atoms with Gasteiger partial charge in [0.05, 0.1) is 6.04 Å². The predicted octanol–water partition coefficient (Wildman–Crippen LogP) is 3.89. The lowest BCUT2D eigenvalue weighted by Crippen LogP contribution is -2.39. The van der Waals surface area contributed by atoms with Crippen LogP contribution in [0.4, 0.5) is 0 Å². The maximum absolute atomic E-state index is 12.4. The molecule has 0 unspecified atom stereocenters. The Bertz CT molecular complexity index is 767. The zero-order valence-electron chi connectivity index (χ0n) is 14.1. The molecule has 1 aliphatic carbocycles. The van der Waals surface area contributed by atoms with Crippen LogP contribution in [0.1, 0.15) is 42.5 Å². The van der Waals surface area contributed by atoms with Gasteiger partial charge in [-0.1, -0.05) is 24.3 Å². The van der Waals surface area contributed by atoms with Crippen LogP contribution in [0.5, 0.6) is 0 Å². The summed E-state index contributed by atoms with van der Waals surface area (Å²) in [5.41, 5.74) is 3.39. The van der Waals surface area contributed by atoms with E-state index >= 15 is 0 Å². The Hall–Kier alpha value is -2.40. The molecule has 1 aromatic carbocycles. The molecule has 0 radical (unpaired) electrons. The average molecular weight is 355 g/mol. The molecular weight excluding hydrogens is 334 g/mol. The highest BCUT2D eigenvalue weighted by Crippen LogP contribution is 2.29. The number of hydrogen-bond donors (Lipinski definition) is 1. The first-order valence-electron chi connectivity index (χ1n) is 8.42. The number of ether oxygens (including phenoxy) is 1. The van der Waals surface area contributed by atoms with E-state index in [2.05, 4.69) is 17.4 Å². The van der Waals surface area contributed by atoms with E-state index < -0.39 is 12.1 Å². The van der Waals surface area contributed by atoms with Crippen molar-refractivity contribution in [3.63, 3.8) is 0 Å². The molecule has 2 aromatic rings. The third kappa shape index (κ3) is 4.57. The van der Waals surface area contributed by atoms with Gasteiger partial charge in [-0.15, -0.1) is 0 Å². The molecule has 1 heterocycles. The number of amides is 1. The number of nitrogens with one attached hydrogen (secondary N) is 1. The molecule has 0 spiro atoms. The van der Waals surface area contributed by atoms with E-state index in [1.165, 1.54) is 11.6 Å². The fraction of sp³-hybridized carbons (Fsp3) is 0.300. The minimum absolute atomic E-state index is 0.0139. The van der Waals surface area contributed by atoms with Crippen LogP contribution in [-0.4, -0.2) is 18.0 Å². The lowest BCUT2D eigenvalue weighted by molar-refractivity contribution is -0.150. The van der Waals surface area contributed by atoms with Gasteiger partial charge in [0.1, 0.15) is 0 Å². The first-order valence-corrected chi connectivity index (χ1v) is 9.37. The van der Waals surface area contributed by atoms with Gasteiger partial charge in [0.25, 0.3) is 5.91 Å². The molecule has 0 fully saturated rings. The normalized spacial score (nSPS) is 17.7. The fourth-order valence-electron chi connectivity index (χ4n) is 2.99. The van der Waals surface area contributed by atoms with Crippen LogP contribution in [-0.2, 0) is 20.7 Å². The van der Waals surface area contributed by atoms with Crippen LogP contribution in [0.25, 0.3) is 6.08 Å². The Balaban J connectivity index is 1.55. The van der Waals surface area contributed by atoms with Crippen molar-refractivity contribution in [1.29, 1.82) is 0 Å². The molecule has 1 aromatic heterocycles. The van der Waals surface area contributed by atoms with Gasteiger partial charge < -0.3 is 10.1 Å². The summed E-state index contributed by atoms with van der Waals surface area (Å²) in [4.78, 5) is 24.2. The number of carbonyl (C=O) groups is 2. The van der Waals surface area contributed by atoms with Crippen molar-refractivity contribution < 1.29 is 14.3 Å². The van der Waals surface area contributed by atoms with Crippen LogP contribution in [0.15, 0.2) is 47.2 Å². The highest BCUT2D eigenvalue weighted by molar-refractivity contribution is 7.08. The molecule has 130 valence electrons. The molecule has 1 amide bonds. The smallest absolute Gasteiger partial charge is 0.331 e. The largest absolute Gasteiger partial charge is 0.449 e. The van der Waals surface area contributed by atoms with Gasteiger partial charge in [0.15, 0.2) is 6.10 Å². The molecule has 25 heavy (non-hydrogen) atoms. The quantitative estimate of drug-likeness (QED) is 0.654. The van der Waals surface area contributed by atoms with Crippen LogP contribution in [0.2, 0.25) is 0 Å². The number of thiophene rings is 1. The minimum atomic E-state index is -0.825. The standard InChI is InChI=1S/C20H21NO3S/c1-14(24-19(22)10-9-15-11-12-25-13-15)20(23)21-18-8-4-6-16-5-2-3-7-17(16)18/h2-3,5,7,9-14,18H,4,6,8H2,1H3,(H,21,23)/b10-9+/t14-,18-/m0/s1. The highest BCUT2D eigenvalue weighted by Gasteiger charge is 2.24. The third-order valence-corrected chi connectivity index (χ3v) is 5.00. The topological polar surface area (TPSA) is 55.4 Å². The van der Waals surface area contributed by atoms with Crippen LogP contribution in [0, 0.1) is 0 Å². The Labute approximate surface area is 151 Å². The van der Waals surface area contributed by atoms with Gasteiger partial charge >= 0.3 is 5.97 Å². The highest BCUT2D eigenvalue weighted by atomic mass is 32.1. The Morgan fingerprint density at radius 1 is 1.32 bits per heavy atom. The molecule has 0 saturated carbocycles. The van der Waals surface area contributed by atoms with E-state index in [-0.39, 0.29) is 11.9 Å². The first-order chi connectivity index (χ1) is 12.1. The van der Waals surface area contributed by atoms with Crippen molar-refractivity contribution in [2.45, 2.75) is 38.3 Å². The SMILES string of the molecule is C[C@H](OC(=O)/C=C/c1ccsc1)C(=O)N[C@H]1CCCc2ccccc21. The summed E-state index contributed by atoms with van der Waals surface area (Å²) in [5, 5.41) is 6.88. The van der Waals surface area contributed by atoms with Crippen molar-refractivity contribution in [3.05, 3.63) is 63.9 Å². The zero-order valence-corrected chi connectivity index (χ0v) is 14.9. The lowest BCUT2D eigenvalue weighted by Gasteiger charge is -2.27. The van der Waals surface area contributed by atoms with E-state index in [9.17, 15) is 9.59 Å². The molecule has 4 nitrogen and oxygen atoms in total. The van der Waals surface area contributed by atoms with Crippen molar-refractivity contribution in [2.75, 3.05) is 0 Å². The number of carbonyl (C=O) groups excluding carboxylic acids is 2. The Morgan fingerprint density at radius 2 is 2.16 bits per heavy atom. The second kappa shape index (κ2) is 8.12. The molecule has 0 saturated heterocycles. The molecule has 0 aliphatic heterocycles. The number of benzene rings is 1. The molecule has 5 heteroatoms. The van der Waals surface area contributed by atoms with Crippen molar-refractivity contribution >= 4 is 29.3 Å². The fourth-order valence-corrected chi connectivity index (χ4v) is 3.62. The summed E-state index contributed by atoms with van der Waals surface area (Å²) in [6.45, 7) is 1.60. The summed E-state index contributed by atoms with van der Waals surface area (Å²) < 4.78 is 5.21. The van der Waals surface area contributed by atoms with Gasteiger partial charge in [-0.05, 0) is 65.8 Å². The summed E-state index contributed by atoms with van der Waals surface area (Å²) in [5.74, 6) is -0.781. The second-order valence-electron chi connectivity index (χ2n) is 6.12. The summed E-state index contributed by atoms with van der Waals surface area (Å²) in [7, 11) is 0. The second-order valence-corrected chi connectivity index (χ2v) is 6.90. The first kappa shape index (κ1) is 17.4. The molecule has 0 bridgehead atoms. The minimum Gasteiger partial charge on any atom is -0.449 e. The Kier molecular flexibility index (Phi) is 5.66.